The topological polar surface area (TPSA) is 630 Å². The first-order valence-corrected chi connectivity index (χ1v) is 0. The van der Waals surface area contributed by atoms with E-state index < -0.39 is 0 Å². The van der Waals surface area contributed by atoms with Gasteiger partial charge in [-0.1, -0.05) is 0 Å². The second-order valence-corrected chi connectivity index (χ2v) is 0. The Labute approximate surface area is 237 Å². The second kappa shape index (κ2) is 1990. The molecule has 0 aliphatic heterocycles. The van der Waals surface area contributed by atoms with Gasteiger partial charge in [0.05, 0.1) is 0 Å². The third kappa shape index (κ3) is 1840. The van der Waals surface area contributed by atoms with Crippen LogP contribution in [0, 0.1) is 0 Å². The van der Waals surface area contributed by atoms with E-state index in [-0.39, 0.29) is 239 Å². The van der Waals surface area contributed by atoms with E-state index in [1.165, 1.54) is 0 Å². The van der Waals surface area contributed by atoms with E-state index in [0.717, 1.165) is 0 Å². The summed E-state index contributed by atoms with van der Waals surface area (Å²) >= 11 is 0. The van der Waals surface area contributed by atoms with E-state index in [9.17, 15) is 0 Å². The van der Waals surface area contributed by atoms with E-state index in [1.54, 1.807) is 0 Å². The van der Waals surface area contributed by atoms with Crippen LogP contribution in [0.5, 0.6) is 0 Å². The Morgan fingerprint density at radius 3 is 0.120 bits per heavy atom. The maximum Gasteiger partial charge on any atom is 2.00 e. The fraction of sp³-hybridized carbons (Fsp3) is 0. The molecule has 0 bridgehead atoms. The molecule has 0 atom stereocenters. The Balaban J connectivity index is 0. The van der Waals surface area contributed by atoms with Gasteiger partial charge in [0.2, 0.25) is 0 Å². The van der Waals surface area contributed by atoms with Gasteiger partial charge in [0.1, 0.15) is 0 Å². The molecule has 0 aromatic rings. The zero-order chi connectivity index (χ0) is 0. The molecule has 20 nitrogen and oxygen atoms in total. The van der Waals surface area contributed by atoms with E-state index in [2.05, 4.69) is 0 Å². The summed E-state index contributed by atoms with van der Waals surface area (Å²) in [7, 11) is 0. The Kier molecular flexibility index (Phi) is 178000. The zero-order valence-corrected chi connectivity index (χ0v) is 20.6. The van der Waals surface area contributed by atoms with Crippen molar-refractivity contribution in [2.24, 2.45) is 0 Å². The summed E-state index contributed by atoms with van der Waals surface area (Å²) in [4.78, 5) is 0. The summed E-state index contributed by atoms with van der Waals surface area (Å²) in [5.74, 6) is 0. The minimum Gasteiger partial charge on any atom is -1.00 e. The predicted molar refractivity (Wildman–Crippen MR) is 112 cm³/mol. The van der Waals surface area contributed by atoms with Crippen molar-refractivity contribution in [3.63, 3.8) is 0 Å². The molecule has 0 aromatic carbocycles. The van der Waals surface area contributed by atoms with Crippen molar-refractivity contribution in [2.45, 2.75) is 0 Å². The summed E-state index contributed by atoms with van der Waals surface area (Å²) in [6.07, 6.45) is 0. The molecule has 0 aromatic heterocycles. The summed E-state index contributed by atoms with van der Waals surface area (Å²) in [5, 5.41) is 0. The molecule has 0 fully saturated rings. The van der Waals surface area contributed by atoms with Crippen LogP contribution in [0.1, 0.15) is 14.3 Å². The standard InChI is InChI=1S/5Mg.20H2O.10H/h;;;;;20*1H2;;;;;;;;;;/q5*+2;;;;;;;;;;;;;;;;;;;;;10*-1. The van der Waals surface area contributed by atoms with Crippen molar-refractivity contribution in [3.8, 4) is 0 Å². The molecule has 0 unspecified atom stereocenters. The molecule has 0 rings (SSSR count). The first kappa shape index (κ1) is 2230. The van der Waals surface area contributed by atoms with E-state index in [4.69, 9.17) is 0 Å². The van der Waals surface area contributed by atoms with Crippen molar-refractivity contribution < 1.29 is 124 Å². The minimum atomic E-state index is 0. The fourth-order valence-corrected chi connectivity index (χ4v) is 0. The molecule has 0 spiro atoms. The minimum absolute atomic E-state index is 0. The Morgan fingerprint density at radius 1 is 0.120 bits per heavy atom. The monoisotopic (exact) mass is 490 g/mol. The molecule has 0 saturated heterocycles. The molecule has 0 heterocycles. The van der Waals surface area contributed by atoms with Crippen LogP contribution < -0.4 is 0 Å². The van der Waals surface area contributed by atoms with E-state index in [0.29, 0.717) is 0 Å². The van der Waals surface area contributed by atoms with Gasteiger partial charge in [0.25, 0.3) is 0 Å². The zero-order valence-electron chi connectivity index (χ0n) is 23.5. The van der Waals surface area contributed by atoms with E-state index in [1.807, 2.05) is 0 Å². The van der Waals surface area contributed by atoms with Crippen molar-refractivity contribution in [2.75, 3.05) is 0 Å². The largest absolute Gasteiger partial charge is 2.00 e. The molecular weight excluding hydrogens is 442 g/mol. The molecule has 0 aliphatic rings. The third-order valence-corrected chi connectivity index (χ3v) is 0. The fourth-order valence-electron chi connectivity index (χ4n) is 0. The average molecular weight is 492 g/mol. The van der Waals surface area contributed by atoms with E-state index >= 15 is 0 Å². The van der Waals surface area contributed by atoms with Gasteiger partial charge in [-0.3, -0.25) is 0 Å². The molecule has 40 N–H and O–H groups in total. The van der Waals surface area contributed by atoms with Crippen LogP contribution in [0.15, 0.2) is 0 Å². The van der Waals surface area contributed by atoms with Crippen molar-refractivity contribution in [3.05, 3.63) is 0 Å². The first-order valence-electron chi connectivity index (χ1n) is 0. The average Bonchev–Trinajstić information content (AvgIpc) is 0. The molecular formula is H50Mg5O20. The SMILES string of the molecule is O.O.O.O.O.O.O.O.O.O.O.O.O.O.O.O.O.O.O.O.[H-].[H-].[H-].[H-].[H-].[H-].[H-].[H-].[H-].[H-].[Mg+2].[Mg+2].[Mg+2].[Mg+2].[Mg+2]. The van der Waals surface area contributed by atoms with Crippen molar-refractivity contribution in [1.29, 1.82) is 0 Å². The first-order chi connectivity index (χ1) is 0. The van der Waals surface area contributed by atoms with Gasteiger partial charge >= 0.3 is 115 Å². The Bertz CT molecular complexity index is 48.3. The van der Waals surface area contributed by atoms with Gasteiger partial charge in [-0.05, 0) is 0 Å². The molecule has 0 saturated carbocycles. The Hall–Kier alpha value is 3.03. The predicted octanol–water partition coefficient (Wildman–Crippen LogP) is -17.3. The summed E-state index contributed by atoms with van der Waals surface area (Å²) < 4.78 is 0. The smallest absolute Gasteiger partial charge is 1.00 e. The van der Waals surface area contributed by atoms with Crippen LogP contribution in [0.3, 0.4) is 0 Å². The maximum atomic E-state index is 0. The van der Waals surface area contributed by atoms with Crippen LogP contribution in [0.2, 0.25) is 0 Å². The number of hydrogen-bond donors (Lipinski definition) is 0. The van der Waals surface area contributed by atoms with Crippen LogP contribution in [-0.2, 0) is 0 Å². The van der Waals surface area contributed by atoms with Gasteiger partial charge in [-0.15, -0.1) is 0 Å². The van der Waals surface area contributed by atoms with Crippen molar-refractivity contribution >= 4 is 115 Å². The van der Waals surface area contributed by atoms with Crippen LogP contribution >= 0.6 is 0 Å². The molecule has 0 radical (unpaired) electrons. The molecule has 25 heteroatoms. The molecule has 25 heavy (non-hydrogen) atoms. The molecule has 0 amide bonds. The van der Waals surface area contributed by atoms with Crippen molar-refractivity contribution in [1.82, 2.24) is 0 Å². The molecule has 0 aliphatic carbocycles. The van der Waals surface area contributed by atoms with Crippen LogP contribution in [0.25, 0.3) is 0 Å². The summed E-state index contributed by atoms with van der Waals surface area (Å²) in [5.41, 5.74) is 0. The van der Waals surface area contributed by atoms with Gasteiger partial charge in [-0.25, -0.2) is 0 Å². The summed E-state index contributed by atoms with van der Waals surface area (Å²) in [6.45, 7) is 0. The quantitative estimate of drug-likeness (QED) is 0.284. The van der Waals surface area contributed by atoms with Crippen LogP contribution in [0.4, 0.5) is 0 Å². The van der Waals surface area contributed by atoms with Gasteiger partial charge < -0.3 is 124 Å². The van der Waals surface area contributed by atoms with Gasteiger partial charge in [0.15, 0.2) is 0 Å². The van der Waals surface area contributed by atoms with Crippen LogP contribution in [-0.4, -0.2) is 225 Å². The summed E-state index contributed by atoms with van der Waals surface area (Å²) in [6, 6.07) is 0. The maximum absolute atomic E-state index is 0. The third-order valence-electron chi connectivity index (χ3n) is 0. The molecule has 180 valence electrons. The van der Waals surface area contributed by atoms with Gasteiger partial charge in [-0.2, -0.15) is 0 Å². The normalized spacial score (nSPS) is 0. The number of hydrogen-bond acceptors (Lipinski definition) is 0. The van der Waals surface area contributed by atoms with Gasteiger partial charge in [0, 0.05) is 0 Å². The number of rotatable bonds is 0. The second-order valence-electron chi connectivity index (χ2n) is 0. The Morgan fingerprint density at radius 2 is 0.120 bits per heavy atom.